The van der Waals surface area contributed by atoms with Gasteiger partial charge in [-0.1, -0.05) is 51.9 Å². The molecule has 5 N–H and O–H groups in total. The zero-order valence-corrected chi connectivity index (χ0v) is 15.0. The van der Waals surface area contributed by atoms with E-state index in [1.807, 2.05) is 0 Å². The van der Waals surface area contributed by atoms with Crippen LogP contribution < -0.4 is 16.8 Å². The fraction of sp³-hybridized carbons (Fsp3) is 0.647. The molecular weight excluding hydrogens is 320 g/mol. The van der Waals surface area contributed by atoms with Crippen molar-refractivity contribution in [1.29, 1.82) is 0 Å². The normalized spacial score (nSPS) is 10.3. The molecule has 0 unspecified atom stereocenters. The lowest BCUT2D eigenvalue weighted by atomic mass is 10.1. The molecule has 0 aliphatic carbocycles. The van der Waals surface area contributed by atoms with Gasteiger partial charge in [0.15, 0.2) is 5.96 Å². The van der Waals surface area contributed by atoms with Gasteiger partial charge in [0.25, 0.3) is 0 Å². The maximum absolute atomic E-state index is 11.2. The van der Waals surface area contributed by atoms with Gasteiger partial charge in [-0.3, -0.25) is 0 Å². The molecule has 0 saturated heterocycles. The minimum absolute atomic E-state index is 0.00935. The molecule has 0 aromatic carbocycles. The number of rotatable bonds is 12. The van der Waals surface area contributed by atoms with E-state index in [0.717, 1.165) is 13.0 Å². The minimum atomic E-state index is -0.841. The van der Waals surface area contributed by atoms with Gasteiger partial charge in [0.1, 0.15) is 6.61 Å². The molecule has 0 saturated carbocycles. The first-order chi connectivity index (χ1) is 12.1. The number of hydrogen-bond acceptors (Lipinski definition) is 5. The second kappa shape index (κ2) is 13.0. The van der Waals surface area contributed by atoms with Crippen molar-refractivity contribution in [2.24, 2.45) is 16.5 Å². The van der Waals surface area contributed by atoms with E-state index in [1.165, 1.54) is 44.9 Å². The van der Waals surface area contributed by atoms with Crippen LogP contribution in [0.2, 0.25) is 0 Å². The molecule has 25 heavy (non-hydrogen) atoms. The van der Waals surface area contributed by atoms with Crippen LogP contribution in [0.5, 0.6) is 0 Å². The van der Waals surface area contributed by atoms with Crippen LogP contribution in [0.4, 0.5) is 10.7 Å². The summed E-state index contributed by atoms with van der Waals surface area (Å²) in [5.74, 6) is 0.193. The number of carbonyl (C=O) groups is 1. The van der Waals surface area contributed by atoms with Crippen LogP contribution in [-0.2, 0) is 11.3 Å². The van der Waals surface area contributed by atoms with Crippen LogP contribution in [0.15, 0.2) is 17.3 Å². The summed E-state index contributed by atoms with van der Waals surface area (Å²) in [7, 11) is 0. The first-order valence-corrected chi connectivity index (χ1v) is 8.94. The molecule has 8 nitrogen and oxygen atoms in total. The van der Waals surface area contributed by atoms with Gasteiger partial charge in [-0.2, -0.15) is 0 Å². The number of unbranched alkanes of at least 4 members (excludes halogenated alkanes) is 7. The van der Waals surface area contributed by atoms with E-state index in [-0.39, 0.29) is 12.6 Å². The fourth-order valence-electron chi connectivity index (χ4n) is 2.29. The van der Waals surface area contributed by atoms with Gasteiger partial charge in [0.2, 0.25) is 5.95 Å². The monoisotopic (exact) mass is 350 g/mol. The maximum Gasteiger partial charge on any atom is 0.437 e. The summed E-state index contributed by atoms with van der Waals surface area (Å²) >= 11 is 0. The SMILES string of the molecule is CCCCCCCCCCNc1nccc(COC(=O)N=C(N)N)n1. The van der Waals surface area contributed by atoms with Crippen LogP contribution >= 0.6 is 0 Å². The van der Waals surface area contributed by atoms with E-state index in [2.05, 4.69) is 27.2 Å². The van der Waals surface area contributed by atoms with Gasteiger partial charge in [-0.15, -0.1) is 4.99 Å². The summed E-state index contributed by atoms with van der Waals surface area (Å²) in [6.45, 7) is 3.05. The molecule has 0 fully saturated rings. The highest BCUT2D eigenvalue weighted by atomic mass is 16.5. The minimum Gasteiger partial charge on any atom is -0.441 e. The van der Waals surface area contributed by atoms with Crippen molar-refractivity contribution >= 4 is 18.0 Å². The largest absolute Gasteiger partial charge is 0.441 e. The smallest absolute Gasteiger partial charge is 0.437 e. The molecule has 0 atom stereocenters. The number of amides is 1. The Hall–Kier alpha value is -2.38. The number of anilines is 1. The van der Waals surface area contributed by atoms with E-state index in [0.29, 0.717) is 11.6 Å². The number of ether oxygens (including phenoxy) is 1. The number of aliphatic imine (C=N–C) groups is 1. The standard InChI is InChI=1S/C17H30N6O2/c1-2-3-4-5-6-7-8-9-11-20-16-21-12-10-14(22-16)13-25-17(24)23-15(18)19/h10,12H,2-9,11,13H2,1H3,(H,20,21,22)(H4,18,19,23,24). The molecular formula is C17H30N6O2. The van der Waals surface area contributed by atoms with Gasteiger partial charge in [-0.05, 0) is 12.5 Å². The lowest BCUT2D eigenvalue weighted by molar-refractivity contribution is 0.149. The molecule has 0 spiro atoms. The first kappa shape index (κ1) is 20.7. The molecule has 0 bridgehead atoms. The van der Waals surface area contributed by atoms with E-state index in [1.54, 1.807) is 12.3 Å². The number of guanidine groups is 1. The van der Waals surface area contributed by atoms with Crippen molar-refractivity contribution in [3.8, 4) is 0 Å². The number of nitrogens with two attached hydrogens (primary N) is 2. The van der Waals surface area contributed by atoms with Gasteiger partial charge < -0.3 is 21.5 Å². The van der Waals surface area contributed by atoms with Gasteiger partial charge in [0.05, 0.1) is 5.69 Å². The second-order valence-electron chi connectivity index (χ2n) is 5.86. The van der Waals surface area contributed by atoms with Crippen molar-refractivity contribution in [3.05, 3.63) is 18.0 Å². The van der Waals surface area contributed by atoms with Crippen LogP contribution in [-0.4, -0.2) is 28.6 Å². The molecule has 1 heterocycles. The Kier molecular flexibility index (Phi) is 10.7. The third-order valence-electron chi connectivity index (χ3n) is 3.59. The summed E-state index contributed by atoms with van der Waals surface area (Å²) < 4.78 is 4.89. The highest BCUT2D eigenvalue weighted by molar-refractivity contribution is 5.87. The number of carbonyl (C=O) groups excluding carboxylic acids is 1. The highest BCUT2D eigenvalue weighted by Crippen LogP contribution is 2.09. The molecule has 140 valence electrons. The quantitative estimate of drug-likeness (QED) is 0.300. The Morgan fingerprint density at radius 1 is 1.16 bits per heavy atom. The maximum atomic E-state index is 11.2. The average Bonchev–Trinajstić information content (AvgIpc) is 2.58. The Labute approximate surface area is 149 Å². The van der Waals surface area contributed by atoms with Crippen LogP contribution in [0.25, 0.3) is 0 Å². The van der Waals surface area contributed by atoms with Crippen molar-refractivity contribution in [3.63, 3.8) is 0 Å². The third kappa shape index (κ3) is 10.9. The Bertz CT molecular complexity index is 532. The predicted octanol–water partition coefficient (Wildman–Crippen LogP) is 2.94. The van der Waals surface area contributed by atoms with Crippen LogP contribution in [0.1, 0.15) is 64.0 Å². The lowest BCUT2D eigenvalue weighted by Gasteiger charge is -2.06. The first-order valence-electron chi connectivity index (χ1n) is 8.94. The molecule has 1 aromatic rings. The van der Waals surface area contributed by atoms with Gasteiger partial charge >= 0.3 is 6.09 Å². The summed E-state index contributed by atoms with van der Waals surface area (Å²) in [6, 6.07) is 1.67. The Morgan fingerprint density at radius 2 is 1.84 bits per heavy atom. The molecule has 0 radical (unpaired) electrons. The van der Waals surface area contributed by atoms with Gasteiger partial charge in [0, 0.05) is 12.7 Å². The van der Waals surface area contributed by atoms with Crippen molar-refractivity contribution in [2.75, 3.05) is 11.9 Å². The summed E-state index contributed by atoms with van der Waals surface area (Å²) in [5.41, 5.74) is 10.8. The zero-order chi connectivity index (χ0) is 18.3. The average molecular weight is 350 g/mol. The van der Waals surface area contributed by atoms with E-state index in [4.69, 9.17) is 16.2 Å². The van der Waals surface area contributed by atoms with Crippen molar-refractivity contribution < 1.29 is 9.53 Å². The van der Waals surface area contributed by atoms with E-state index in [9.17, 15) is 4.79 Å². The number of nitrogens with one attached hydrogen (secondary N) is 1. The predicted molar refractivity (Wildman–Crippen MR) is 99.1 cm³/mol. The molecule has 8 heteroatoms. The summed E-state index contributed by atoms with van der Waals surface area (Å²) in [5, 5.41) is 3.19. The summed E-state index contributed by atoms with van der Waals surface area (Å²) in [4.78, 5) is 22.9. The van der Waals surface area contributed by atoms with E-state index >= 15 is 0 Å². The Balaban J connectivity index is 2.18. The zero-order valence-electron chi connectivity index (χ0n) is 15.0. The summed E-state index contributed by atoms with van der Waals surface area (Å²) in [6.07, 6.45) is 11.0. The molecule has 0 aliphatic heterocycles. The molecule has 0 aliphatic rings. The highest BCUT2D eigenvalue weighted by Gasteiger charge is 2.04. The lowest BCUT2D eigenvalue weighted by Crippen LogP contribution is -2.24. The molecule has 1 aromatic heterocycles. The van der Waals surface area contributed by atoms with Crippen molar-refractivity contribution in [1.82, 2.24) is 9.97 Å². The van der Waals surface area contributed by atoms with Gasteiger partial charge in [-0.25, -0.2) is 14.8 Å². The van der Waals surface area contributed by atoms with Crippen LogP contribution in [0, 0.1) is 0 Å². The van der Waals surface area contributed by atoms with Crippen molar-refractivity contribution in [2.45, 2.75) is 64.9 Å². The van der Waals surface area contributed by atoms with E-state index < -0.39 is 6.09 Å². The molecule has 1 amide bonds. The third-order valence-corrected chi connectivity index (χ3v) is 3.59. The number of hydrogen-bond donors (Lipinski definition) is 3. The van der Waals surface area contributed by atoms with Crippen LogP contribution in [0.3, 0.4) is 0 Å². The Morgan fingerprint density at radius 3 is 2.52 bits per heavy atom. The number of aromatic nitrogens is 2. The number of nitrogens with zero attached hydrogens (tertiary/aromatic N) is 3. The second-order valence-corrected chi connectivity index (χ2v) is 5.86. The fourth-order valence-corrected chi connectivity index (χ4v) is 2.29. The topological polar surface area (TPSA) is 129 Å². The molecule has 1 rings (SSSR count).